The molecule has 0 amide bonds. The zero-order chi connectivity index (χ0) is 8.91. The lowest BCUT2D eigenvalue weighted by atomic mass is 10.1. The zero-order valence-corrected chi connectivity index (χ0v) is 7.52. The molecule has 0 saturated heterocycles. The molecule has 0 heterocycles. The van der Waals surface area contributed by atoms with Crippen LogP contribution in [0.5, 0.6) is 0 Å². The topological polar surface area (TPSA) is 63.3 Å². The fourth-order valence-electron chi connectivity index (χ4n) is 0.369. The van der Waals surface area contributed by atoms with E-state index in [0.29, 0.717) is 0 Å². The van der Waals surface area contributed by atoms with Gasteiger partial charge in [0.05, 0.1) is 0 Å². The summed E-state index contributed by atoms with van der Waals surface area (Å²) >= 11 is 1.40. The summed E-state index contributed by atoms with van der Waals surface area (Å²) in [7, 11) is 0. The van der Waals surface area contributed by atoms with Crippen LogP contribution >= 0.6 is 11.8 Å². The third-order valence-electron chi connectivity index (χ3n) is 0.762. The van der Waals surface area contributed by atoms with Crippen LogP contribution in [0.4, 0.5) is 0 Å². The van der Waals surface area contributed by atoms with Gasteiger partial charge in [-0.3, -0.25) is 0 Å². The van der Waals surface area contributed by atoms with Crippen molar-refractivity contribution in [3.05, 3.63) is 11.5 Å². The van der Waals surface area contributed by atoms with Gasteiger partial charge in [0, 0.05) is 17.4 Å². The van der Waals surface area contributed by atoms with E-state index in [-0.39, 0.29) is 5.54 Å². The SMILES string of the molecule is CC(C)(N)CSC=CC(=O)O. The van der Waals surface area contributed by atoms with E-state index >= 15 is 0 Å². The Labute approximate surface area is 70.7 Å². The fraction of sp³-hybridized carbons (Fsp3) is 0.571. The van der Waals surface area contributed by atoms with Gasteiger partial charge in [-0.05, 0) is 19.3 Å². The highest BCUT2D eigenvalue weighted by Gasteiger charge is 2.08. The van der Waals surface area contributed by atoms with Gasteiger partial charge in [0.15, 0.2) is 0 Å². The molecule has 0 spiro atoms. The van der Waals surface area contributed by atoms with E-state index in [1.54, 1.807) is 0 Å². The van der Waals surface area contributed by atoms with Crippen LogP contribution in [0.15, 0.2) is 11.5 Å². The van der Waals surface area contributed by atoms with Crippen molar-refractivity contribution in [3.8, 4) is 0 Å². The van der Waals surface area contributed by atoms with Crippen LogP contribution in [0.3, 0.4) is 0 Å². The number of carbonyl (C=O) groups is 1. The highest BCUT2D eigenvalue weighted by molar-refractivity contribution is 8.02. The van der Waals surface area contributed by atoms with Crippen LogP contribution in [0, 0.1) is 0 Å². The van der Waals surface area contributed by atoms with Gasteiger partial charge in [-0.2, -0.15) is 0 Å². The Morgan fingerprint density at radius 3 is 2.64 bits per heavy atom. The van der Waals surface area contributed by atoms with Gasteiger partial charge in [0.1, 0.15) is 0 Å². The van der Waals surface area contributed by atoms with Crippen molar-refractivity contribution in [1.29, 1.82) is 0 Å². The summed E-state index contributed by atoms with van der Waals surface area (Å²) in [5.74, 6) is -0.205. The minimum Gasteiger partial charge on any atom is -0.478 e. The number of thioether (sulfide) groups is 1. The van der Waals surface area contributed by atoms with Gasteiger partial charge in [-0.25, -0.2) is 4.79 Å². The molecule has 0 aliphatic rings. The maximum absolute atomic E-state index is 9.99. The second-order valence-corrected chi connectivity index (χ2v) is 3.83. The molecular formula is C7H13NO2S. The van der Waals surface area contributed by atoms with Crippen LogP contribution in [-0.2, 0) is 4.79 Å². The number of rotatable bonds is 4. The first-order valence-corrected chi connectivity index (χ1v) is 4.27. The van der Waals surface area contributed by atoms with Gasteiger partial charge in [-0.15, -0.1) is 11.8 Å². The van der Waals surface area contributed by atoms with Crippen molar-refractivity contribution in [2.24, 2.45) is 5.73 Å². The highest BCUT2D eigenvalue weighted by Crippen LogP contribution is 2.10. The van der Waals surface area contributed by atoms with Crippen LogP contribution in [0.1, 0.15) is 13.8 Å². The van der Waals surface area contributed by atoms with Crippen molar-refractivity contribution >= 4 is 17.7 Å². The zero-order valence-electron chi connectivity index (χ0n) is 6.70. The van der Waals surface area contributed by atoms with E-state index in [4.69, 9.17) is 10.8 Å². The largest absolute Gasteiger partial charge is 0.478 e. The maximum atomic E-state index is 9.99. The monoisotopic (exact) mass is 175 g/mol. The molecule has 0 rings (SSSR count). The molecule has 3 N–H and O–H groups in total. The predicted octanol–water partition coefficient (Wildman–Crippen LogP) is 1.06. The molecule has 64 valence electrons. The molecule has 0 aliphatic heterocycles. The first-order valence-electron chi connectivity index (χ1n) is 3.22. The van der Waals surface area contributed by atoms with Crippen molar-refractivity contribution in [3.63, 3.8) is 0 Å². The highest BCUT2D eigenvalue weighted by atomic mass is 32.2. The Balaban J connectivity index is 3.50. The molecular weight excluding hydrogens is 162 g/mol. The van der Waals surface area contributed by atoms with E-state index in [1.807, 2.05) is 13.8 Å². The van der Waals surface area contributed by atoms with E-state index in [2.05, 4.69) is 0 Å². The second-order valence-electron chi connectivity index (χ2n) is 2.94. The molecule has 0 aromatic heterocycles. The smallest absolute Gasteiger partial charge is 0.328 e. The van der Waals surface area contributed by atoms with Crippen LogP contribution in [0.2, 0.25) is 0 Å². The van der Waals surface area contributed by atoms with E-state index < -0.39 is 5.97 Å². The first kappa shape index (κ1) is 10.5. The Morgan fingerprint density at radius 2 is 2.27 bits per heavy atom. The molecule has 0 aliphatic carbocycles. The van der Waals surface area contributed by atoms with Gasteiger partial charge < -0.3 is 10.8 Å². The van der Waals surface area contributed by atoms with Crippen LogP contribution in [-0.4, -0.2) is 22.4 Å². The van der Waals surface area contributed by atoms with Crippen molar-refractivity contribution in [2.45, 2.75) is 19.4 Å². The third kappa shape index (κ3) is 9.52. The van der Waals surface area contributed by atoms with Gasteiger partial charge >= 0.3 is 5.97 Å². The van der Waals surface area contributed by atoms with Crippen molar-refractivity contribution < 1.29 is 9.90 Å². The molecule has 0 fully saturated rings. The summed E-state index contributed by atoms with van der Waals surface area (Å²) < 4.78 is 0. The van der Waals surface area contributed by atoms with Gasteiger partial charge in [0.2, 0.25) is 0 Å². The molecule has 0 aromatic rings. The molecule has 0 atom stereocenters. The second kappa shape index (κ2) is 4.41. The number of carboxylic acid groups (broad SMARTS) is 1. The first-order chi connectivity index (χ1) is 4.92. The Kier molecular flexibility index (Phi) is 4.22. The Morgan fingerprint density at radius 1 is 1.73 bits per heavy atom. The molecule has 0 radical (unpaired) electrons. The fourth-order valence-corrected chi connectivity index (χ4v) is 1.11. The minimum atomic E-state index is -0.924. The molecule has 0 unspecified atom stereocenters. The average molecular weight is 175 g/mol. The lowest BCUT2D eigenvalue weighted by molar-refractivity contribution is -0.131. The molecule has 3 nitrogen and oxygen atoms in total. The lowest BCUT2D eigenvalue weighted by Gasteiger charge is -2.15. The number of aliphatic carboxylic acids is 1. The van der Waals surface area contributed by atoms with Gasteiger partial charge in [0.25, 0.3) is 0 Å². The van der Waals surface area contributed by atoms with Crippen LogP contribution < -0.4 is 5.73 Å². The van der Waals surface area contributed by atoms with Crippen LogP contribution in [0.25, 0.3) is 0 Å². The summed E-state index contributed by atoms with van der Waals surface area (Å²) in [6, 6.07) is 0. The minimum absolute atomic E-state index is 0.243. The molecule has 0 aromatic carbocycles. The van der Waals surface area contributed by atoms with Gasteiger partial charge in [-0.1, -0.05) is 0 Å². The summed E-state index contributed by atoms with van der Waals surface area (Å²) in [6.45, 7) is 3.79. The third-order valence-corrected chi connectivity index (χ3v) is 2.00. The number of hydrogen-bond donors (Lipinski definition) is 2. The predicted molar refractivity (Wildman–Crippen MR) is 47.5 cm³/mol. The molecule has 4 heteroatoms. The quantitative estimate of drug-likeness (QED) is 0.627. The van der Waals surface area contributed by atoms with Crippen molar-refractivity contribution in [2.75, 3.05) is 5.75 Å². The summed E-state index contributed by atoms with van der Waals surface area (Å²) in [5, 5.41) is 9.75. The summed E-state index contributed by atoms with van der Waals surface area (Å²) in [6.07, 6.45) is 1.11. The lowest BCUT2D eigenvalue weighted by Crippen LogP contribution is -2.34. The normalized spacial score (nSPS) is 12.3. The Hall–Kier alpha value is -0.480. The molecule has 11 heavy (non-hydrogen) atoms. The van der Waals surface area contributed by atoms with E-state index in [9.17, 15) is 4.79 Å². The summed E-state index contributed by atoms with van der Waals surface area (Å²) in [4.78, 5) is 9.99. The molecule has 0 bridgehead atoms. The van der Waals surface area contributed by atoms with Crippen molar-refractivity contribution in [1.82, 2.24) is 0 Å². The maximum Gasteiger partial charge on any atom is 0.328 e. The Bertz CT molecular complexity index is 160. The standard InChI is InChI=1S/C7H13NO2S/c1-7(2,8)5-11-4-3-6(9)10/h3-4H,5,8H2,1-2H3,(H,9,10). The summed E-state index contributed by atoms with van der Waals surface area (Å²) in [5.41, 5.74) is 5.41. The number of nitrogens with two attached hydrogens (primary N) is 1. The molecule has 0 saturated carbocycles. The van der Waals surface area contributed by atoms with E-state index in [0.717, 1.165) is 11.8 Å². The number of hydrogen-bond acceptors (Lipinski definition) is 3. The van der Waals surface area contributed by atoms with E-state index in [1.165, 1.54) is 17.2 Å². The number of carboxylic acids is 1. The average Bonchev–Trinajstić information content (AvgIpc) is 1.78.